The quantitative estimate of drug-likeness (QED) is 0.408. The molecule has 0 spiro atoms. The van der Waals surface area contributed by atoms with Gasteiger partial charge in [-0.05, 0) is 43.7 Å². The average Bonchev–Trinajstić information content (AvgIpc) is 3.38. The van der Waals surface area contributed by atoms with Crippen LogP contribution in [0, 0.1) is 13.8 Å². The lowest BCUT2D eigenvalue weighted by molar-refractivity contribution is 0.0950. The number of pyridine rings is 1. The standard InChI is InChI=1S/C25H22N4O2S/c1-15-4-7-17(8-5-15)23-20(29-14-16(2)6-11-22(29)28-23)13-26-24(30)25-27-19-10-9-18(31-3)12-21(19)32-25/h4-12,14H,13H2,1-3H3,(H,26,30). The lowest BCUT2D eigenvalue weighted by atomic mass is 10.1. The maximum Gasteiger partial charge on any atom is 0.280 e. The van der Waals surface area contributed by atoms with E-state index in [1.807, 2.05) is 47.9 Å². The zero-order valence-electron chi connectivity index (χ0n) is 18.0. The number of hydrogen-bond donors (Lipinski definition) is 1. The summed E-state index contributed by atoms with van der Waals surface area (Å²) in [6.45, 7) is 4.44. The predicted octanol–water partition coefficient (Wildman–Crippen LogP) is 5.17. The van der Waals surface area contributed by atoms with E-state index in [-0.39, 0.29) is 5.91 Å². The number of fused-ring (bicyclic) bond motifs is 2. The van der Waals surface area contributed by atoms with Gasteiger partial charge in [0, 0.05) is 11.8 Å². The Bertz CT molecular complexity index is 1450. The molecular formula is C25H22N4O2S. The number of imidazole rings is 1. The molecule has 5 rings (SSSR count). The van der Waals surface area contributed by atoms with Gasteiger partial charge in [0.1, 0.15) is 11.4 Å². The fraction of sp³-hybridized carbons (Fsp3) is 0.160. The van der Waals surface area contributed by atoms with E-state index >= 15 is 0 Å². The molecule has 7 heteroatoms. The zero-order valence-corrected chi connectivity index (χ0v) is 18.9. The third kappa shape index (κ3) is 3.71. The van der Waals surface area contributed by atoms with Crippen molar-refractivity contribution < 1.29 is 9.53 Å². The van der Waals surface area contributed by atoms with Crippen LogP contribution in [0.3, 0.4) is 0 Å². The molecular weight excluding hydrogens is 420 g/mol. The molecule has 3 aromatic heterocycles. The molecule has 0 bridgehead atoms. The highest BCUT2D eigenvalue weighted by molar-refractivity contribution is 7.20. The van der Waals surface area contributed by atoms with Crippen LogP contribution in [0.2, 0.25) is 0 Å². The first-order chi connectivity index (χ1) is 15.5. The van der Waals surface area contributed by atoms with E-state index in [1.165, 1.54) is 16.9 Å². The van der Waals surface area contributed by atoms with Gasteiger partial charge in [-0.3, -0.25) is 4.79 Å². The molecule has 0 saturated heterocycles. The molecule has 0 aliphatic carbocycles. The molecule has 5 aromatic rings. The second-order valence-electron chi connectivity index (χ2n) is 7.74. The van der Waals surface area contributed by atoms with Crippen LogP contribution in [-0.2, 0) is 6.54 Å². The Morgan fingerprint density at radius 2 is 1.81 bits per heavy atom. The highest BCUT2D eigenvalue weighted by Crippen LogP contribution is 2.28. The van der Waals surface area contributed by atoms with Crippen LogP contribution in [0.25, 0.3) is 27.1 Å². The van der Waals surface area contributed by atoms with Gasteiger partial charge in [-0.2, -0.15) is 0 Å². The van der Waals surface area contributed by atoms with Crippen molar-refractivity contribution >= 4 is 33.1 Å². The van der Waals surface area contributed by atoms with Crippen molar-refractivity contribution in [2.75, 3.05) is 7.11 Å². The number of nitrogens with zero attached hydrogens (tertiary/aromatic N) is 3. The minimum absolute atomic E-state index is 0.206. The summed E-state index contributed by atoms with van der Waals surface area (Å²) in [7, 11) is 1.62. The molecule has 32 heavy (non-hydrogen) atoms. The van der Waals surface area contributed by atoms with Gasteiger partial charge < -0.3 is 14.5 Å². The lowest BCUT2D eigenvalue weighted by Crippen LogP contribution is -2.23. The van der Waals surface area contributed by atoms with Gasteiger partial charge in [0.15, 0.2) is 5.01 Å². The van der Waals surface area contributed by atoms with Crippen LogP contribution < -0.4 is 10.1 Å². The van der Waals surface area contributed by atoms with Gasteiger partial charge in [-0.15, -0.1) is 11.3 Å². The Morgan fingerprint density at radius 1 is 1.03 bits per heavy atom. The molecule has 0 radical (unpaired) electrons. The number of methoxy groups -OCH3 is 1. The third-order valence-electron chi connectivity index (χ3n) is 5.40. The van der Waals surface area contributed by atoms with Gasteiger partial charge in [0.25, 0.3) is 5.91 Å². The second kappa shape index (κ2) is 8.09. The summed E-state index contributed by atoms with van der Waals surface area (Å²) in [5.74, 6) is 0.541. The van der Waals surface area contributed by atoms with Crippen molar-refractivity contribution in [3.05, 3.63) is 82.6 Å². The van der Waals surface area contributed by atoms with Crippen LogP contribution >= 0.6 is 11.3 Å². The lowest BCUT2D eigenvalue weighted by Gasteiger charge is -2.07. The molecule has 1 N–H and O–H groups in total. The summed E-state index contributed by atoms with van der Waals surface area (Å²) in [5.41, 5.74) is 6.77. The summed E-state index contributed by atoms with van der Waals surface area (Å²) >= 11 is 1.35. The Balaban J connectivity index is 1.48. The molecule has 0 fully saturated rings. The Kier molecular flexibility index (Phi) is 5.11. The number of thiazole rings is 1. The number of amides is 1. The van der Waals surface area contributed by atoms with Gasteiger partial charge in [-0.25, -0.2) is 9.97 Å². The molecule has 2 aromatic carbocycles. The number of hydrogen-bond acceptors (Lipinski definition) is 5. The number of rotatable bonds is 5. The van der Waals surface area contributed by atoms with E-state index in [2.05, 4.69) is 41.5 Å². The largest absolute Gasteiger partial charge is 0.497 e. The number of ether oxygens (including phenoxy) is 1. The number of carbonyl (C=O) groups excluding carboxylic acids is 1. The molecule has 0 saturated carbocycles. The van der Waals surface area contributed by atoms with Crippen LogP contribution in [0.4, 0.5) is 0 Å². The van der Waals surface area contributed by atoms with Gasteiger partial charge >= 0.3 is 0 Å². The SMILES string of the molecule is COc1ccc2nc(C(=O)NCc3c(-c4ccc(C)cc4)nc4ccc(C)cn34)sc2c1. The monoisotopic (exact) mass is 442 g/mol. The van der Waals surface area contributed by atoms with Crippen molar-refractivity contribution in [2.45, 2.75) is 20.4 Å². The highest BCUT2D eigenvalue weighted by atomic mass is 32.1. The minimum Gasteiger partial charge on any atom is -0.497 e. The van der Waals surface area contributed by atoms with Gasteiger partial charge in [0.2, 0.25) is 0 Å². The van der Waals surface area contributed by atoms with Gasteiger partial charge in [0.05, 0.1) is 35.3 Å². The number of carbonyl (C=O) groups is 1. The molecule has 3 heterocycles. The normalized spacial score (nSPS) is 11.2. The van der Waals surface area contributed by atoms with E-state index in [9.17, 15) is 4.79 Å². The van der Waals surface area contributed by atoms with Crippen LogP contribution in [0.5, 0.6) is 5.75 Å². The summed E-state index contributed by atoms with van der Waals surface area (Å²) < 4.78 is 8.24. The molecule has 1 amide bonds. The van der Waals surface area contributed by atoms with E-state index in [1.54, 1.807) is 7.11 Å². The number of benzene rings is 2. The average molecular weight is 443 g/mol. The van der Waals surface area contributed by atoms with E-state index in [0.717, 1.165) is 44.1 Å². The van der Waals surface area contributed by atoms with Crippen LogP contribution in [0.15, 0.2) is 60.8 Å². The second-order valence-corrected chi connectivity index (χ2v) is 8.77. The fourth-order valence-electron chi connectivity index (χ4n) is 3.68. The molecule has 0 atom stereocenters. The summed E-state index contributed by atoms with van der Waals surface area (Å²) in [6, 6.07) is 17.9. The number of aryl methyl sites for hydroxylation is 2. The molecule has 0 aliphatic rings. The first kappa shape index (κ1) is 20.2. The van der Waals surface area contributed by atoms with Crippen molar-refractivity contribution in [1.29, 1.82) is 0 Å². The fourth-order valence-corrected chi connectivity index (χ4v) is 4.59. The Hall–Kier alpha value is -3.71. The highest BCUT2D eigenvalue weighted by Gasteiger charge is 2.17. The zero-order chi connectivity index (χ0) is 22.2. The van der Waals surface area contributed by atoms with Crippen molar-refractivity contribution in [3.8, 4) is 17.0 Å². The van der Waals surface area contributed by atoms with E-state index < -0.39 is 0 Å². The minimum atomic E-state index is -0.206. The third-order valence-corrected chi connectivity index (χ3v) is 6.41. The summed E-state index contributed by atoms with van der Waals surface area (Å²) in [5, 5.41) is 3.47. The number of aromatic nitrogens is 3. The maximum absolute atomic E-state index is 12.9. The van der Waals surface area contributed by atoms with Crippen LogP contribution in [0.1, 0.15) is 26.6 Å². The maximum atomic E-state index is 12.9. The first-order valence-corrected chi connectivity index (χ1v) is 11.1. The molecule has 160 valence electrons. The van der Waals surface area contributed by atoms with E-state index in [4.69, 9.17) is 9.72 Å². The number of nitrogens with one attached hydrogen (secondary N) is 1. The van der Waals surface area contributed by atoms with Gasteiger partial charge in [-0.1, -0.05) is 35.9 Å². The Morgan fingerprint density at radius 3 is 2.59 bits per heavy atom. The predicted molar refractivity (Wildman–Crippen MR) is 127 cm³/mol. The van der Waals surface area contributed by atoms with Crippen molar-refractivity contribution in [3.63, 3.8) is 0 Å². The molecule has 0 unspecified atom stereocenters. The smallest absolute Gasteiger partial charge is 0.280 e. The summed E-state index contributed by atoms with van der Waals surface area (Å²) in [4.78, 5) is 22.3. The first-order valence-electron chi connectivity index (χ1n) is 10.3. The molecule has 0 aliphatic heterocycles. The van der Waals surface area contributed by atoms with Crippen molar-refractivity contribution in [2.24, 2.45) is 0 Å². The van der Waals surface area contributed by atoms with Crippen molar-refractivity contribution in [1.82, 2.24) is 19.7 Å². The van der Waals surface area contributed by atoms with Crippen LogP contribution in [-0.4, -0.2) is 27.4 Å². The molecule has 6 nitrogen and oxygen atoms in total. The summed E-state index contributed by atoms with van der Waals surface area (Å²) in [6.07, 6.45) is 2.05. The van der Waals surface area contributed by atoms with E-state index in [0.29, 0.717) is 11.6 Å². The Labute approximate surface area is 189 Å². The topological polar surface area (TPSA) is 68.5 Å².